The number of thiazole rings is 1. The molecule has 0 radical (unpaired) electrons. The maximum atomic E-state index is 11.0. The third kappa shape index (κ3) is 2.14. The van der Waals surface area contributed by atoms with Crippen molar-refractivity contribution in [3.8, 4) is 0 Å². The lowest BCUT2D eigenvalue weighted by molar-refractivity contribution is -0.112. The molecular weight excluding hydrogens is 224 g/mol. The Morgan fingerprint density at radius 1 is 1.19 bits per heavy atom. The van der Waals surface area contributed by atoms with Crippen LogP contribution in [0.15, 0.2) is 41.4 Å². The quantitative estimate of drug-likeness (QED) is 0.706. The van der Waals surface area contributed by atoms with Crippen LogP contribution in [0.5, 0.6) is 0 Å². The molecule has 1 aliphatic heterocycles. The van der Waals surface area contributed by atoms with Crippen molar-refractivity contribution in [1.82, 2.24) is 4.98 Å². The molecule has 0 saturated carbocycles. The zero-order chi connectivity index (χ0) is 11.4. The van der Waals surface area contributed by atoms with E-state index in [1.165, 1.54) is 0 Å². The smallest absolute Gasteiger partial charge is 0.296 e. The number of nitrogens with zero attached hydrogens (tertiary/aromatic N) is 1. The van der Waals surface area contributed by atoms with Gasteiger partial charge in [0.1, 0.15) is 0 Å². The fraction of sp³-hybridized carbons (Fsp3) is 0. The van der Waals surface area contributed by atoms with Crippen LogP contribution in [0, 0.1) is 0 Å². The summed E-state index contributed by atoms with van der Waals surface area (Å²) in [6, 6.07) is 6.85. The molecule has 0 bridgehead atoms. The number of nitrogens with one attached hydrogen (secondary N) is 1. The largest absolute Gasteiger partial charge is 0.318 e. The van der Waals surface area contributed by atoms with Crippen LogP contribution in [-0.2, 0) is 4.79 Å². The average molecular weight is 232 g/mol. The fourth-order valence-electron chi connectivity index (χ4n) is 1.27. The van der Waals surface area contributed by atoms with Crippen molar-refractivity contribution in [3.05, 3.63) is 46.9 Å². The predicted molar refractivity (Wildman–Crippen MR) is 61.5 cm³/mol. The molecule has 0 spiro atoms. The first-order valence-electron chi connectivity index (χ1n) is 4.56. The summed E-state index contributed by atoms with van der Waals surface area (Å²) in [4.78, 5) is 25.5. The summed E-state index contributed by atoms with van der Waals surface area (Å²) >= 11 is 1.60. The van der Waals surface area contributed by atoms with Crippen LogP contribution in [-0.4, -0.2) is 16.7 Å². The topological polar surface area (TPSA) is 59.1 Å². The fourth-order valence-corrected chi connectivity index (χ4v) is 1.62. The first-order chi connectivity index (χ1) is 7.79. The van der Waals surface area contributed by atoms with E-state index in [9.17, 15) is 9.59 Å². The number of benzene rings is 1. The zero-order valence-corrected chi connectivity index (χ0v) is 9.03. The minimum Gasteiger partial charge on any atom is -0.318 e. The van der Waals surface area contributed by atoms with E-state index < -0.39 is 11.7 Å². The van der Waals surface area contributed by atoms with Gasteiger partial charge in [-0.25, -0.2) is 0 Å². The van der Waals surface area contributed by atoms with Crippen molar-refractivity contribution in [1.29, 1.82) is 0 Å². The second-order valence-corrected chi connectivity index (χ2v) is 3.76. The van der Waals surface area contributed by atoms with Gasteiger partial charge in [0.2, 0.25) is 0 Å². The van der Waals surface area contributed by atoms with Gasteiger partial charge in [-0.3, -0.25) is 14.6 Å². The monoisotopic (exact) mass is 232 g/mol. The summed E-state index contributed by atoms with van der Waals surface area (Å²) in [5.74, 6) is -0.980. The molecule has 1 aliphatic rings. The van der Waals surface area contributed by atoms with Gasteiger partial charge in [-0.15, -0.1) is 11.3 Å². The highest BCUT2D eigenvalue weighted by molar-refractivity contribution is 7.07. The third-order valence-corrected chi connectivity index (χ3v) is 2.50. The van der Waals surface area contributed by atoms with Crippen LogP contribution in [0.3, 0.4) is 0 Å². The number of hydrogen-bond acceptors (Lipinski definition) is 4. The summed E-state index contributed by atoms with van der Waals surface area (Å²) in [6.45, 7) is 0. The molecule has 1 aromatic heterocycles. The normalized spacial score (nSPS) is 12.5. The van der Waals surface area contributed by atoms with E-state index in [-0.39, 0.29) is 0 Å². The number of rotatable bonds is 0. The van der Waals surface area contributed by atoms with E-state index in [1.54, 1.807) is 47.3 Å². The second kappa shape index (κ2) is 4.67. The van der Waals surface area contributed by atoms with Crippen LogP contribution in [0.1, 0.15) is 10.4 Å². The highest BCUT2D eigenvalue weighted by atomic mass is 32.1. The van der Waals surface area contributed by atoms with Gasteiger partial charge in [0, 0.05) is 11.6 Å². The molecule has 1 aromatic carbocycles. The van der Waals surface area contributed by atoms with Gasteiger partial charge in [-0.05, 0) is 12.1 Å². The van der Waals surface area contributed by atoms with Gasteiger partial charge in [-0.2, -0.15) is 0 Å². The summed E-state index contributed by atoms with van der Waals surface area (Å²) in [6.07, 6.45) is 1.77. The van der Waals surface area contributed by atoms with Crippen molar-refractivity contribution in [3.63, 3.8) is 0 Å². The number of carbonyl (C=O) groups excluding carboxylic acids is 2. The second-order valence-electron chi connectivity index (χ2n) is 3.00. The summed E-state index contributed by atoms with van der Waals surface area (Å²) in [5.41, 5.74) is 2.88. The van der Waals surface area contributed by atoms with E-state index in [0.717, 1.165) is 0 Å². The first kappa shape index (κ1) is 10.5. The lowest BCUT2D eigenvalue weighted by Gasteiger charge is -1.91. The van der Waals surface area contributed by atoms with E-state index in [1.807, 2.05) is 5.38 Å². The number of aromatic nitrogens is 1. The molecule has 0 saturated heterocycles. The van der Waals surface area contributed by atoms with E-state index in [4.69, 9.17) is 0 Å². The van der Waals surface area contributed by atoms with Crippen molar-refractivity contribution >= 4 is 28.7 Å². The van der Waals surface area contributed by atoms with Gasteiger partial charge >= 0.3 is 0 Å². The minimum atomic E-state index is -0.536. The van der Waals surface area contributed by atoms with Crippen LogP contribution in [0.4, 0.5) is 5.69 Å². The van der Waals surface area contributed by atoms with Gasteiger partial charge in [0.25, 0.3) is 11.7 Å². The maximum Gasteiger partial charge on any atom is 0.296 e. The van der Waals surface area contributed by atoms with E-state index in [0.29, 0.717) is 11.3 Å². The van der Waals surface area contributed by atoms with Gasteiger partial charge in [0.15, 0.2) is 0 Å². The Labute approximate surface area is 96.0 Å². The van der Waals surface area contributed by atoms with Crippen LogP contribution in [0.2, 0.25) is 0 Å². The molecule has 80 valence electrons. The van der Waals surface area contributed by atoms with Crippen molar-refractivity contribution in [2.24, 2.45) is 0 Å². The Morgan fingerprint density at radius 2 is 2.00 bits per heavy atom. The molecular formula is C11H8N2O2S. The van der Waals surface area contributed by atoms with Crippen molar-refractivity contribution < 1.29 is 9.59 Å². The number of para-hydroxylation sites is 1. The Hall–Kier alpha value is -2.01. The number of amides is 1. The molecule has 16 heavy (non-hydrogen) atoms. The lowest BCUT2D eigenvalue weighted by atomic mass is 10.1. The number of Topliss-reactive ketones (excluding diaryl/α,β-unsaturated/α-hetero) is 1. The Balaban J connectivity index is 0.000000162. The molecule has 0 unspecified atom stereocenters. The number of anilines is 1. The molecule has 5 heteroatoms. The van der Waals surface area contributed by atoms with E-state index >= 15 is 0 Å². The Morgan fingerprint density at radius 3 is 2.56 bits per heavy atom. The van der Waals surface area contributed by atoms with Gasteiger partial charge in [0.05, 0.1) is 16.8 Å². The number of ketones is 1. The standard InChI is InChI=1S/C8H5NO2.C3H3NS/c10-7-5-3-1-2-4-6(5)9-8(7)11;1-2-5-3-4-1/h1-4H,(H,9,10,11);1-3H. The average Bonchev–Trinajstić information content (AvgIpc) is 2.93. The van der Waals surface area contributed by atoms with Crippen LogP contribution < -0.4 is 5.32 Å². The lowest BCUT2D eigenvalue weighted by Crippen LogP contribution is -2.12. The molecule has 0 atom stereocenters. The maximum absolute atomic E-state index is 11.0. The highest BCUT2D eigenvalue weighted by Crippen LogP contribution is 2.21. The zero-order valence-electron chi connectivity index (χ0n) is 8.21. The Bertz CT molecular complexity index is 491. The van der Waals surface area contributed by atoms with E-state index in [2.05, 4.69) is 10.3 Å². The SMILES string of the molecule is O=C1Nc2ccccc2C1=O.c1cscn1. The van der Waals surface area contributed by atoms with Gasteiger partial charge < -0.3 is 5.32 Å². The number of fused-ring (bicyclic) bond motifs is 1. The summed E-state index contributed by atoms with van der Waals surface area (Å²) in [5, 5.41) is 4.39. The van der Waals surface area contributed by atoms with Crippen LogP contribution in [0.25, 0.3) is 0 Å². The molecule has 4 nitrogen and oxygen atoms in total. The number of hydrogen-bond donors (Lipinski definition) is 1. The molecule has 2 aromatic rings. The highest BCUT2D eigenvalue weighted by Gasteiger charge is 2.26. The third-order valence-electron chi connectivity index (χ3n) is 1.97. The molecule has 1 N–H and O–H groups in total. The van der Waals surface area contributed by atoms with Crippen molar-refractivity contribution in [2.45, 2.75) is 0 Å². The molecule has 0 aliphatic carbocycles. The van der Waals surface area contributed by atoms with Crippen molar-refractivity contribution in [2.75, 3.05) is 5.32 Å². The summed E-state index contributed by atoms with van der Waals surface area (Å²) in [7, 11) is 0. The summed E-state index contributed by atoms with van der Waals surface area (Å²) < 4.78 is 0. The molecule has 3 rings (SSSR count). The molecule has 2 heterocycles. The first-order valence-corrected chi connectivity index (χ1v) is 5.50. The molecule has 0 fully saturated rings. The predicted octanol–water partition coefficient (Wildman–Crippen LogP) is 1.96. The Kier molecular flexibility index (Phi) is 3.07. The van der Waals surface area contributed by atoms with Crippen LogP contribution >= 0.6 is 11.3 Å². The number of carbonyl (C=O) groups is 2. The minimum absolute atomic E-state index is 0.444. The van der Waals surface area contributed by atoms with Gasteiger partial charge in [-0.1, -0.05) is 12.1 Å². The molecule has 1 amide bonds.